The van der Waals surface area contributed by atoms with E-state index >= 15 is 0 Å². The van der Waals surface area contributed by atoms with E-state index in [1.807, 2.05) is 0 Å². The number of primary amides is 1. The van der Waals surface area contributed by atoms with Crippen LogP contribution < -0.4 is 54.0 Å². The summed E-state index contributed by atoms with van der Waals surface area (Å²) in [4.78, 5) is 140. The molecule has 0 saturated heterocycles. The zero-order valence-electron chi connectivity index (χ0n) is 38.2. The molecule has 384 valence electrons. The zero-order chi connectivity index (χ0) is 52.8. The fourth-order valence-corrected chi connectivity index (χ4v) is 6.20. The van der Waals surface area contributed by atoms with Crippen LogP contribution >= 0.6 is 0 Å². The number of aliphatic hydroxyl groups is 3. The molecule has 0 aromatic heterocycles. The Hall–Kier alpha value is -7.75. The first-order chi connectivity index (χ1) is 32.8. The molecule has 10 atom stereocenters. The first-order valence-corrected chi connectivity index (χ1v) is 21.5. The molecule has 0 saturated carbocycles. The van der Waals surface area contributed by atoms with Gasteiger partial charge in [0, 0.05) is 19.3 Å². The van der Waals surface area contributed by atoms with Crippen LogP contribution in [-0.4, -0.2) is 169 Å². The number of amides is 9. The lowest BCUT2D eigenvalue weighted by Crippen LogP contribution is -2.62. The van der Waals surface area contributed by atoms with E-state index in [1.54, 1.807) is 30.3 Å². The predicted octanol–water partition coefficient (Wildman–Crippen LogP) is -6.39. The molecule has 70 heavy (non-hydrogen) atoms. The first-order valence-electron chi connectivity index (χ1n) is 21.5. The molecular weight excluding hydrogens is 929 g/mol. The Morgan fingerprint density at radius 1 is 0.571 bits per heavy atom. The zero-order valence-corrected chi connectivity index (χ0v) is 38.2. The summed E-state index contributed by atoms with van der Waals surface area (Å²) in [5.74, 6) is -12.7. The Morgan fingerprint density at radius 3 is 1.59 bits per heavy atom. The van der Waals surface area contributed by atoms with Crippen molar-refractivity contribution in [3.05, 3.63) is 65.7 Å². The van der Waals surface area contributed by atoms with E-state index in [2.05, 4.69) is 42.5 Å². The molecule has 0 unspecified atom stereocenters. The molecule has 2 aromatic carbocycles. The van der Waals surface area contributed by atoms with E-state index in [0.29, 0.717) is 11.1 Å². The second-order valence-corrected chi connectivity index (χ2v) is 16.0. The van der Waals surface area contributed by atoms with Gasteiger partial charge in [-0.25, -0.2) is 4.79 Å². The van der Waals surface area contributed by atoms with Crippen LogP contribution in [0.4, 0.5) is 0 Å². The summed E-state index contributed by atoms with van der Waals surface area (Å²) in [7, 11) is 0. The summed E-state index contributed by atoms with van der Waals surface area (Å²) >= 11 is 0. The minimum atomic E-state index is -1.88. The van der Waals surface area contributed by atoms with Gasteiger partial charge in [-0.2, -0.15) is 0 Å². The van der Waals surface area contributed by atoms with Gasteiger partial charge in [-0.05, 0) is 50.5 Å². The normalized spacial score (nSPS) is 15.2. The average molecular weight is 989 g/mol. The number of aliphatic carboxylic acids is 2. The Balaban J connectivity index is 2.12. The van der Waals surface area contributed by atoms with E-state index in [0.717, 1.165) is 20.8 Å². The largest absolute Gasteiger partial charge is 0.508 e. The standard InChI is InChI=1S/C43H60N10O17/c1-20(47-41(67)34(21(2)55)53-42(68)35(22(3)56)52-37(63)26(44)13-14-31(45)58)36(62)46-18-32(59)48-30(19-54)40(66)49-27(15-23-7-5-4-6-8-23)38(64)50-28(17-33(60)61)39(65)51-29(43(69)70)16-24-9-11-25(57)12-10-24/h4-12,20-22,26-30,34-35,54-57H,13-19,44H2,1-3H3,(H2,45,58)(H,46,62)(H,47,67)(H,48,59)(H,49,66)(H,50,64)(H,51,65)(H,52,63)(H,53,68)(H,60,61)(H,69,70)/t20-,21+,22+,26-,27-,28-,29-,30-,34-,35-/m0/s1. The third-order valence-electron chi connectivity index (χ3n) is 10.1. The van der Waals surface area contributed by atoms with Crippen LogP contribution in [0.3, 0.4) is 0 Å². The maximum atomic E-state index is 13.7. The molecule has 0 fully saturated rings. The molecule has 2 rings (SSSR count). The number of carboxylic acids is 2. The van der Waals surface area contributed by atoms with Crippen molar-refractivity contribution in [2.45, 2.75) is 113 Å². The van der Waals surface area contributed by atoms with Gasteiger partial charge in [0.15, 0.2) is 0 Å². The number of aromatic hydroxyl groups is 1. The molecule has 0 aliphatic carbocycles. The van der Waals surface area contributed by atoms with Crippen LogP contribution in [-0.2, 0) is 65.6 Å². The van der Waals surface area contributed by atoms with Crippen LogP contribution in [0.2, 0.25) is 0 Å². The fraction of sp³-hybridized carbons (Fsp3) is 0.465. The van der Waals surface area contributed by atoms with Gasteiger partial charge >= 0.3 is 11.9 Å². The van der Waals surface area contributed by atoms with Crippen molar-refractivity contribution in [2.75, 3.05) is 13.2 Å². The topological polar surface area (TPSA) is 457 Å². The van der Waals surface area contributed by atoms with E-state index in [-0.39, 0.29) is 31.4 Å². The third-order valence-corrected chi connectivity index (χ3v) is 10.1. The number of carbonyl (C=O) groups is 11. The van der Waals surface area contributed by atoms with Crippen molar-refractivity contribution in [2.24, 2.45) is 11.5 Å². The lowest BCUT2D eigenvalue weighted by atomic mass is 10.0. The van der Waals surface area contributed by atoms with E-state index in [4.69, 9.17) is 11.5 Å². The lowest BCUT2D eigenvalue weighted by molar-refractivity contribution is -0.143. The summed E-state index contributed by atoms with van der Waals surface area (Å²) in [6.45, 7) is 1.48. The number of nitrogens with two attached hydrogens (primary N) is 2. The Labute approximate surface area is 399 Å². The highest BCUT2D eigenvalue weighted by molar-refractivity contribution is 5.98. The SMILES string of the molecule is C[C@H](NC(=O)[C@@H](NC(=O)[C@@H](NC(=O)[C@@H](N)CCC(N)=O)[C@@H](C)O)[C@@H](C)O)C(=O)NCC(=O)N[C@@H](CO)C(=O)N[C@@H](Cc1ccccc1)C(=O)N[C@@H](CC(=O)O)C(=O)N[C@@H](Cc1ccc(O)cc1)C(=O)O. The number of phenols is 1. The van der Waals surface area contributed by atoms with Crippen molar-refractivity contribution < 1.29 is 83.4 Å². The van der Waals surface area contributed by atoms with Crippen LogP contribution in [0, 0.1) is 0 Å². The molecule has 0 heterocycles. The summed E-state index contributed by atoms with van der Waals surface area (Å²) in [5, 5.41) is 77.0. The molecular formula is C43H60N10O17. The molecule has 0 aliphatic rings. The molecule has 18 N–H and O–H groups in total. The fourth-order valence-electron chi connectivity index (χ4n) is 6.20. The van der Waals surface area contributed by atoms with Gasteiger partial charge in [-0.1, -0.05) is 42.5 Å². The van der Waals surface area contributed by atoms with E-state index in [1.165, 1.54) is 24.3 Å². The van der Waals surface area contributed by atoms with Crippen molar-refractivity contribution in [3.8, 4) is 5.75 Å². The number of benzene rings is 2. The van der Waals surface area contributed by atoms with Crippen LogP contribution in [0.5, 0.6) is 5.75 Å². The van der Waals surface area contributed by atoms with Gasteiger partial charge in [-0.3, -0.25) is 47.9 Å². The molecule has 27 nitrogen and oxygen atoms in total. The van der Waals surface area contributed by atoms with Crippen molar-refractivity contribution in [1.29, 1.82) is 0 Å². The predicted molar refractivity (Wildman–Crippen MR) is 241 cm³/mol. The summed E-state index contributed by atoms with van der Waals surface area (Å²) in [6, 6.07) is 0.253. The summed E-state index contributed by atoms with van der Waals surface area (Å²) in [6.07, 6.45) is -5.20. The number of carboxylic acid groups (broad SMARTS) is 2. The van der Waals surface area contributed by atoms with Crippen molar-refractivity contribution >= 4 is 65.1 Å². The molecule has 0 aliphatic heterocycles. The number of carbonyl (C=O) groups excluding carboxylic acids is 9. The van der Waals surface area contributed by atoms with Crippen molar-refractivity contribution in [1.82, 2.24) is 42.5 Å². The number of hydrogen-bond acceptors (Lipinski definition) is 16. The van der Waals surface area contributed by atoms with Gasteiger partial charge in [0.2, 0.25) is 53.2 Å². The smallest absolute Gasteiger partial charge is 0.326 e. The van der Waals surface area contributed by atoms with Gasteiger partial charge in [-0.15, -0.1) is 0 Å². The average Bonchev–Trinajstić information content (AvgIpc) is 3.29. The molecule has 9 amide bonds. The molecule has 0 radical (unpaired) electrons. The number of hydrogen-bond donors (Lipinski definition) is 16. The monoisotopic (exact) mass is 988 g/mol. The second kappa shape index (κ2) is 28.5. The highest BCUT2D eigenvalue weighted by Gasteiger charge is 2.35. The Morgan fingerprint density at radius 2 is 1.06 bits per heavy atom. The Bertz CT molecular complexity index is 2180. The summed E-state index contributed by atoms with van der Waals surface area (Å²) in [5.41, 5.74) is 11.6. The van der Waals surface area contributed by atoms with Gasteiger partial charge in [0.25, 0.3) is 0 Å². The maximum Gasteiger partial charge on any atom is 0.326 e. The minimum absolute atomic E-state index is 0.106. The summed E-state index contributed by atoms with van der Waals surface area (Å²) < 4.78 is 0. The second-order valence-electron chi connectivity index (χ2n) is 16.0. The van der Waals surface area contributed by atoms with Gasteiger partial charge in [0.05, 0.1) is 37.8 Å². The molecule has 2 aromatic rings. The third kappa shape index (κ3) is 20.2. The highest BCUT2D eigenvalue weighted by atomic mass is 16.4. The van der Waals surface area contributed by atoms with Gasteiger partial charge in [0.1, 0.15) is 48.0 Å². The lowest BCUT2D eigenvalue weighted by Gasteiger charge is -2.27. The van der Waals surface area contributed by atoms with Gasteiger partial charge < -0.3 is 84.6 Å². The van der Waals surface area contributed by atoms with E-state index in [9.17, 15) is 83.4 Å². The quantitative estimate of drug-likeness (QED) is 0.0360. The molecule has 27 heteroatoms. The molecule has 0 spiro atoms. The van der Waals surface area contributed by atoms with Crippen LogP contribution in [0.25, 0.3) is 0 Å². The number of nitrogens with one attached hydrogen (secondary N) is 8. The first kappa shape index (κ1) is 58.4. The van der Waals surface area contributed by atoms with Crippen LogP contribution in [0.15, 0.2) is 54.6 Å². The van der Waals surface area contributed by atoms with Crippen LogP contribution in [0.1, 0.15) is 51.2 Å². The minimum Gasteiger partial charge on any atom is -0.508 e. The highest BCUT2D eigenvalue weighted by Crippen LogP contribution is 2.12. The Kier molecular flexibility index (Phi) is 23.8. The van der Waals surface area contributed by atoms with Crippen molar-refractivity contribution in [3.63, 3.8) is 0 Å². The molecule has 0 bridgehead atoms. The van der Waals surface area contributed by atoms with E-state index < -0.39 is 145 Å². The number of rotatable bonds is 29. The number of phenolic OH excluding ortho intramolecular Hbond substituents is 1. The number of aliphatic hydroxyl groups excluding tert-OH is 3. The maximum absolute atomic E-state index is 13.7.